The Hall–Kier alpha value is -3.68. The molecule has 2 aromatic carbocycles. The molecular formula is C32H47BrN2O10. The SMILES string of the molecule is BrCc1ccccc1.C[C@@H](O)[C@H](NC(=O)OC(C)(C)C)C(=O)O.C[C@@H](O)[C@H](NC(=O)OC(C)(C)C)C(=O)OCc1ccccc1. The number of hydrogen-bond acceptors (Lipinski definition) is 9. The number of benzene rings is 2. The van der Waals surface area contributed by atoms with Crippen molar-refractivity contribution in [3.05, 3.63) is 71.8 Å². The second-order valence-corrected chi connectivity index (χ2v) is 12.3. The number of carboxylic acid groups (broad SMARTS) is 1. The molecule has 12 nitrogen and oxygen atoms in total. The zero-order valence-electron chi connectivity index (χ0n) is 27.1. The number of esters is 1. The maximum atomic E-state index is 12.0. The van der Waals surface area contributed by atoms with Crippen LogP contribution in [0.3, 0.4) is 0 Å². The highest BCUT2D eigenvalue weighted by Gasteiger charge is 2.30. The van der Waals surface area contributed by atoms with Crippen molar-refractivity contribution in [2.24, 2.45) is 0 Å². The molecule has 0 aromatic heterocycles. The van der Waals surface area contributed by atoms with Gasteiger partial charge < -0.3 is 40.2 Å². The number of carbonyl (C=O) groups excluding carboxylic acids is 3. The first-order valence-corrected chi connectivity index (χ1v) is 15.3. The molecular weight excluding hydrogens is 652 g/mol. The number of ether oxygens (including phenoxy) is 3. The van der Waals surface area contributed by atoms with E-state index in [2.05, 4.69) is 38.7 Å². The van der Waals surface area contributed by atoms with Crippen LogP contribution in [0.15, 0.2) is 60.7 Å². The summed E-state index contributed by atoms with van der Waals surface area (Å²) in [7, 11) is 0. The van der Waals surface area contributed by atoms with E-state index in [0.29, 0.717) is 0 Å². The molecule has 4 atom stereocenters. The van der Waals surface area contributed by atoms with Gasteiger partial charge in [0.1, 0.15) is 17.8 Å². The summed E-state index contributed by atoms with van der Waals surface area (Å²) in [5.41, 5.74) is 0.748. The topological polar surface area (TPSA) is 181 Å². The fourth-order valence-corrected chi connectivity index (χ4v) is 3.39. The lowest BCUT2D eigenvalue weighted by molar-refractivity contribution is -0.150. The smallest absolute Gasteiger partial charge is 0.408 e. The van der Waals surface area contributed by atoms with Gasteiger partial charge in [-0.15, -0.1) is 0 Å². The normalized spacial score (nSPS) is 13.5. The van der Waals surface area contributed by atoms with Crippen LogP contribution in [0.25, 0.3) is 0 Å². The summed E-state index contributed by atoms with van der Waals surface area (Å²) in [5.74, 6) is -2.03. The molecule has 0 saturated carbocycles. The Balaban J connectivity index is 0.000000721. The molecule has 0 radical (unpaired) electrons. The van der Waals surface area contributed by atoms with Crippen molar-refractivity contribution >= 4 is 40.1 Å². The van der Waals surface area contributed by atoms with Gasteiger partial charge in [-0.25, -0.2) is 19.2 Å². The lowest BCUT2D eigenvalue weighted by Crippen LogP contribution is -2.49. The van der Waals surface area contributed by atoms with E-state index in [0.717, 1.165) is 10.9 Å². The fourth-order valence-electron chi connectivity index (χ4n) is 3.02. The molecule has 2 amide bonds. The summed E-state index contributed by atoms with van der Waals surface area (Å²) < 4.78 is 15.0. The van der Waals surface area contributed by atoms with E-state index in [4.69, 9.17) is 24.4 Å². The minimum Gasteiger partial charge on any atom is -0.480 e. The quantitative estimate of drug-likeness (QED) is 0.137. The van der Waals surface area contributed by atoms with Gasteiger partial charge in [0.15, 0.2) is 12.1 Å². The minimum absolute atomic E-state index is 0.0683. The van der Waals surface area contributed by atoms with Gasteiger partial charge >= 0.3 is 24.1 Å². The lowest BCUT2D eigenvalue weighted by atomic mass is 10.2. The molecule has 0 aliphatic heterocycles. The van der Waals surface area contributed by atoms with Gasteiger partial charge in [0.05, 0.1) is 12.2 Å². The van der Waals surface area contributed by atoms with Gasteiger partial charge in [-0.1, -0.05) is 76.6 Å². The average Bonchev–Trinajstić information content (AvgIpc) is 2.92. The Morgan fingerprint density at radius 1 is 0.711 bits per heavy atom. The summed E-state index contributed by atoms with van der Waals surface area (Å²) in [5, 5.41) is 32.7. The second-order valence-electron chi connectivity index (χ2n) is 11.8. The molecule has 0 saturated heterocycles. The van der Waals surface area contributed by atoms with Crippen LogP contribution in [-0.4, -0.2) is 74.9 Å². The number of rotatable bonds is 9. The summed E-state index contributed by atoms with van der Waals surface area (Å²) in [6.07, 6.45) is -3.93. The van der Waals surface area contributed by atoms with Gasteiger partial charge in [0.25, 0.3) is 0 Å². The number of hydrogen-bond donors (Lipinski definition) is 5. The molecule has 45 heavy (non-hydrogen) atoms. The monoisotopic (exact) mass is 698 g/mol. The van der Waals surface area contributed by atoms with E-state index in [1.54, 1.807) is 41.5 Å². The summed E-state index contributed by atoms with van der Waals surface area (Å²) in [6, 6.07) is 16.9. The molecule has 0 spiro atoms. The summed E-state index contributed by atoms with van der Waals surface area (Å²) >= 11 is 3.36. The van der Waals surface area contributed by atoms with E-state index in [9.17, 15) is 24.3 Å². The van der Waals surface area contributed by atoms with Crippen LogP contribution in [0.5, 0.6) is 0 Å². The predicted octanol–water partition coefficient (Wildman–Crippen LogP) is 4.93. The molecule has 13 heteroatoms. The number of aliphatic hydroxyl groups excluding tert-OH is 2. The number of aliphatic carboxylic acids is 1. The summed E-state index contributed by atoms with van der Waals surface area (Å²) in [6.45, 7) is 12.8. The number of alkyl halides is 1. The number of carboxylic acids is 1. The maximum absolute atomic E-state index is 12.0. The van der Waals surface area contributed by atoms with Crippen LogP contribution in [0.2, 0.25) is 0 Å². The van der Waals surface area contributed by atoms with Crippen LogP contribution in [-0.2, 0) is 35.7 Å². The number of halogens is 1. The number of alkyl carbamates (subject to hydrolysis) is 2. The Bertz CT molecular complexity index is 1160. The van der Waals surface area contributed by atoms with Gasteiger partial charge in [-0.3, -0.25) is 0 Å². The zero-order chi connectivity index (χ0) is 34.8. The van der Waals surface area contributed by atoms with Gasteiger partial charge in [0, 0.05) is 5.33 Å². The van der Waals surface area contributed by atoms with E-state index in [-0.39, 0.29) is 6.61 Å². The third kappa shape index (κ3) is 20.8. The highest BCUT2D eigenvalue weighted by atomic mass is 79.9. The number of amides is 2. The third-order valence-electron chi connectivity index (χ3n) is 5.05. The first-order valence-electron chi connectivity index (χ1n) is 14.1. The van der Waals surface area contributed by atoms with Crippen molar-refractivity contribution in [2.45, 2.75) is 103 Å². The predicted molar refractivity (Wildman–Crippen MR) is 173 cm³/mol. The molecule has 2 rings (SSSR count). The van der Waals surface area contributed by atoms with Crippen LogP contribution < -0.4 is 10.6 Å². The Morgan fingerprint density at radius 3 is 1.40 bits per heavy atom. The Morgan fingerprint density at radius 2 is 1.09 bits per heavy atom. The Labute approximate surface area is 273 Å². The first kappa shape index (κ1) is 41.3. The molecule has 0 unspecified atom stereocenters. The Kier molecular flexibility index (Phi) is 18.7. The number of carbonyl (C=O) groups is 4. The van der Waals surface area contributed by atoms with Crippen molar-refractivity contribution < 1.29 is 48.7 Å². The van der Waals surface area contributed by atoms with E-state index < -0.39 is 59.6 Å². The van der Waals surface area contributed by atoms with Crippen molar-refractivity contribution in [1.29, 1.82) is 0 Å². The largest absolute Gasteiger partial charge is 0.480 e. The van der Waals surface area contributed by atoms with Crippen molar-refractivity contribution in [3.63, 3.8) is 0 Å². The third-order valence-corrected chi connectivity index (χ3v) is 5.70. The molecule has 0 bridgehead atoms. The number of nitrogens with one attached hydrogen (secondary N) is 2. The van der Waals surface area contributed by atoms with Gasteiger partial charge in [0.2, 0.25) is 0 Å². The highest BCUT2D eigenvalue weighted by Crippen LogP contribution is 2.09. The standard InChI is InChI=1S/C16H23NO5.C9H17NO5.C7H7Br/c1-11(18)13(17-15(20)22-16(2,3)4)14(19)21-10-12-8-6-5-7-9-12;1-5(11)6(7(12)13)10-8(14)15-9(2,3)4;8-6-7-4-2-1-3-5-7/h5-9,11,13,18H,10H2,1-4H3,(H,17,20);5-6,11H,1-4H3,(H,10,14)(H,12,13);1-5H,6H2/t11-,13+;5-,6+;/m11./s1. The van der Waals surface area contributed by atoms with Crippen molar-refractivity contribution in [3.8, 4) is 0 Å². The molecule has 0 fully saturated rings. The highest BCUT2D eigenvalue weighted by molar-refractivity contribution is 9.08. The maximum Gasteiger partial charge on any atom is 0.408 e. The van der Waals surface area contributed by atoms with Gasteiger partial charge in [-0.2, -0.15) is 0 Å². The van der Waals surface area contributed by atoms with Crippen LogP contribution in [0.4, 0.5) is 9.59 Å². The van der Waals surface area contributed by atoms with Crippen molar-refractivity contribution in [1.82, 2.24) is 10.6 Å². The zero-order valence-corrected chi connectivity index (χ0v) is 28.7. The van der Waals surface area contributed by atoms with E-state index >= 15 is 0 Å². The van der Waals surface area contributed by atoms with Crippen LogP contribution in [0, 0.1) is 0 Å². The van der Waals surface area contributed by atoms with E-state index in [1.807, 2.05) is 48.5 Å². The van der Waals surface area contributed by atoms with Gasteiger partial charge in [-0.05, 0) is 66.5 Å². The lowest BCUT2D eigenvalue weighted by Gasteiger charge is -2.24. The minimum atomic E-state index is -1.36. The average molecular weight is 700 g/mol. The fraction of sp³-hybridized carbons (Fsp3) is 0.500. The number of aliphatic hydroxyl groups is 2. The molecule has 2 aromatic rings. The molecule has 0 aliphatic rings. The van der Waals surface area contributed by atoms with E-state index in [1.165, 1.54) is 19.4 Å². The van der Waals surface area contributed by atoms with Crippen LogP contribution >= 0.6 is 15.9 Å². The molecule has 252 valence electrons. The molecule has 0 aliphatic carbocycles. The first-order chi connectivity index (χ1) is 20.8. The van der Waals surface area contributed by atoms with Crippen LogP contribution in [0.1, 0.15) is 66.5 Å². The molecule has 5 N–H and O–H groups in total. The molecule has 0 heterocycles. The summed E-state index contributed by atoms with van der Waals surface area (Å²) in [4.78, 5) is 45.5. The van der Waals surface area contributed by atoms with Crippen molar-refractivity contribution in [2.75, 3.05) is 0 Å². The second kappa shape index (κ2) is 20.4.